The van der Waals surface area contributed by atoms with E-state index >= 15 is 0 Å². The van der Waals surface area contributed by atoms with Gasteiger partial charge in [0.25, 0.3) is 5.91 Å². The number of hydrogen-bond donors (Lipinski definition) is 2. The predicted molar refractivity (Wildman–Crippen MR) is 114 cm³/mol. The van der Waals surface area contributed by atoms with Gasteiger partial charge in [-0.25, -0.2) is 4.98 Å². The largest absolute Gasteiger partial charge is 0.495 e. The number of rotatable bonds is 7. The third-order valence-electron chi connectivity index (χ3n) is 4.55. The van der Waals surface area contributed by atoms with Crippen molar-refractivity contribution in [2.75, 3.05) is 45.2 Å². The van der Waals surface area contributed by atoms with Gasteiger partial charge in [-0.05, 0) is 26.0 Å². The van der Waals surface area contributed by atoms with E-state index in [9.17, 15) is 9.59 Å². The molecule has 156 valence electrons. The third-order valence-corrected chi connectivity index (χ3v) is 5.31. The maximum absolute atomic E-state index is 12.8. The van der Waals surface area contributed by atoms with E-state index in [0.717, 1.165) is 5.69 Å². The molecule has 1 aliphatic heterocycles. The molecule has 1 aromatic carbocycles. The minimum atomic E-state index is -0.0828. The number of para-hydroxylation sites is 2. The monoisotopic (exact) mass is 417 g/mol. The van der Waals surface area contributed by atoms with Gasteiger partial charge in [-0.3, -0.25) is 14.5 Å². The van der Waals surface area contributed by atoms with Crippen molar-refractivity contribution in [3.05, 3.63) is 35.3 Å². The Morgan fingerprint density at radius 2 is 1.93 bits per heavy atom. The summed E-state index contributed by atoms with van der Waals surface area (Å²) in [6.07, 6.45) is 0. The second-order valence-corrected chi connectivity index (χ2v) is 8.01. The first-order chi connectivity index (χ1) is 14.0. The first-order valence-corrected chi connectivity index (χ1v) is 10.5. The predicted octanol–water partition coefficient (Wildman–Crippen LogP) is 2.18. The molecule has 0 radical (unpaired) electrons. The fourth-order valence-electron chi connectivity index (χ4n) is 3.13. The van der Waals surface area contributed by atoms with Crippen LogP contribution >= 0.6 is 11.3 Å². The summed E-state index contributed by atoms with van der Waals surface area (Å²) in [7, 11) is 1.61. The standard InChI is InChI=1S/C20H27N5O3S/c1-14(2)21-18(26)12-24-8-10-25(11-9-24)19(27)16-13-29-20(23-16)22-15-6-4-5-7-17(15)28-3/h4-7,13-14H,8-12H2,1-3H3,(H,21,26)(H,22,23). The lowest BCUT2D eigenvalue weighted by Gasteiger charge is -2.34. The van der Waals surface area contributed by atoms with Gasteiger partial charge in [-0.15, -0.1) is 11.3 Å². The van der Waals surface area contributed by atoms with Gasteiger partial charge in [0.1, 0.15) is 11.4 Å². The molecular formula is C20H27N5O3S. The molecular weight excluding hydrogens is 390 g/mol. The van der Waals surface area contributed by atoms with Crippen LogP contribution in [0.1, 0.15) is 24.3 Å². The van der Waals surface area contributed by atoms with Gasteiger partial charge in [-0.2, -0.15) is 0 Å². The van der Waals surface area contributed by atoms with Crippen LogP contribution in [0.4, 0.5) is 10.8 Å². The lowest BCUT2D eigenvalue weighted by atomic mass is 10.2. The topological polar surface area (TPSA) is 86.8 Å². The van der Waals surface area contributed by atoms with Gasteiger partial charge in [0.2, 0.25) is 5.91 Å². The highest BCUT2D eigenvalue weighted by molar-refractivity contribution is 7.14. The number of aromatic nitrogens is 1. The minimum absolute atomic E-state index is 0.0198. The van der Waals surface area contributed by atoms with Crippen molar-refractivity contribution >= 4 is 34.0 Å². The molecule has 2 aromatic rings. The Balaban J connectivity index is 1.54. The van der Waals surface area contributed by atoms with Gasteiger partial charge in [0, 0.05) is 37.6 Å². The molecule has 0 saturated carbocycles. The van der Waals surface area contributed by atoms with Crippen molar-refractivity contribution in [1.82, 2.24) is 20.1 Å². The molecule has 0 bridgehead atoms. The van der Waals surface area contributed by atoms with Crippen LogP contribution in [-0.4, -0.2) is 72.5 Å². The Bertz CT molecular complexity index is 846. The molecule has 29 heavy (non-hydrogen) atoms. The number of methoxy groups -OCH3 is 1. The molecule has 0 unspecified atom stereocenters. The maximum atomic E-state index is 12.8. The smallest absolute Gasteiger partial charge is 0.273 e. The van der Waals surface area contributed by atoms with Gasteiger partial charge >= 0.3 is 0 Å². The minimum Gasteiger partial charge on any atom is -0.495 e. The molecule has 3 rings (SSSR count). The molecule has 2 N–H and O–H groups in total. The zero-order valence-electron chi connectivity index (χ0n) is 17.0. The Hall–Kier alpha value is -2.65. The zero-order valence-corrected chi connectivity index (χ0v) is 17.8. The molecule has 1 aromatic heterocycles. The fraction of sp³-hybridized carbons (Fsp3) is 0.450. The highest BCUT2D eigenvalue weighted by Gasteiger charge is 2.25. The molecule has 0 spiro atoms. The fourth-order valence-corrected chi connectivity index (χ4v) is 3.83. The third kappa shape index (κ3) is 5.68. The van der Waals surface area contributed by atoms with Crippen LogP contribution < -0.4 is 15.4 Å². The van der Waals surface area contributed by atoms with Gasteiger partial charge in [0.05, 0.1) is 19.3 Å². The number of piperazine rings is 1. The number of hydrogen-bond acceptors (Lipinski definition) is 7. The van der Waals surface area contributed by atoms with Crippen molar-refractivity contribution in [3.8, 4) is 5.75 Å². The van der Waals surface area contributed by atoms with Crippen LogP contribution in [0.25, 0.3) is 0 Å². The van der Waals surface area contributed by atoms with Gasteiger partial charge in [0.15, 0.2) is 5.13 Å². The quantitative estimate of drug-likeness (QED) is 0.718. The summed E-state index contributed by atoms with van der Waals surface area (Å²) >= 11 is 1.38. The summed E-state index contributed by atoms with van der Waals surface area (Å²) in [5, 5.41) is 8.51. The van der Waals surface area contributed by atoms with Crippen LogP contribution in [0, 0.1) is 0 Å². The first-order valence-electron chi connectivity index (χ1n) is 9.63. The van der Waals surface area contributed by atoms with E-state index in [0.29, 0.717) is 49.3 Å². The summed E-state index contributed by atoms with van der Waals surface area (Å²) in [5.41, 5.74) is 1.23. The van der Waals surface area contributed by atoms with Crippen LogP contribution in [0.3, 0.4) is 0 Å². The number of benzene rings is 1. The lowest BCUT2D eigenvalue weighted by molar-refractivity contribution is -0.123. The molecule has 2 amide bonds. The van der Waals surface area contributed by atoms with E-state index in [1.165, 1.54) is 11.3 Å². The SMILES string of the molecule is COc1ccccc1Nc1nc(C(=O)N2CCN(CC(=O)NC(C)C)CC2)cs1. The van der Waals surface area contributed by atoms with Gasteiger partial charge in [-0.1, -0.05) is 12.1 Å². The van der Waals surface area contributed by atoms with Crippen molar-refractivity contribution in [1.29, 1.82) is 0 Å². The van der Waals surface area contributed by atoms with Crippen molar-refractivity contribution in [3.63, 3.8) is 0 Å². The molecule has 2 heterocycles. The Labute approximate surface area is 174 Å². The summed E-state index contributed by atoms with van der Waals surface area (Å²) in [6.45, 7) is 6.77. The number of nitrogens with zero attached hydrogens (tertiary/aromatic N) is 3. The van der Waals surface area contributed by atoms with Crippen LogP contribution in [0.5, 0.6) is 5.75 Å². The Morgan fingerprint density at radius 1 is 1.21 bits per heavy atom. The van der Waals surface area contributed by atoms with E-state index < -0.39 is 0 Å². The number of nitrogens with one attached hydrogen (secondary N) is 2. The van der Waals surface area contributed by atoms with Crippen LogP contribution in [0.15, 0.2) is 29.6 Å². The van der Waals surface area contributed by atoms with Crippen molar-refractivity contribution in [2.45, 2.75) is 19.9 Å². The van der Waals surface area contributed by atoms with E-state index in [-0.39, 0.29) is 17.9 Å². The number of carbonyl (C=O) groups is 2. The number of thiazole rings is 1. The normalized spacial score (nSPS) is 14.7. The first kappa shape index (κ1) is 21.1. The number of carbonyl (C=O) groups excluding carboxylic acids is 2. The van der Waals surface area contributed by atoms with E-state index in [1.807, 2.05) is 38.1 Å². The van der Waals surface area contributed by atoms with Crippen LogP contribution in [0.2, 0.25) is 0 Å². The van der Waals surface area contributed by atoms with Crippen molar-refractivity contribution in [2.24, 2.45) is 0 Å². The molecule has 0 aliphatic carbocycles. The summed E-state index contributed by atoms with van der Waals surface area (Å²) in [4.78, 5) is 33.0. The second kappa shape index (κ2) is 9.71. The molecule has 8 nitrogen and oxygen atoms in total. The highest BCUT2D eigenvalue weighted by atomic mass is 32.1. The van der Waals surface area contributed by atoms with E-state index in [4.69, 9.17) is 4.74 Å². The van der Waals surface area contributed by atoms with Crippen molar-refractivity contribution < 1.29 is 14.3 Å². The van der Waals surface area contributed by atoms with Crippen LogP contribution in [-0.2, 0) is 4.79 Å². The van der Waals surface area contributed by atoms with E-state index in [2.05, 4.69) is 20.5 Å². The average molecular weight is 418 g/mol. The number of amides is 2. The Kier molecular flexibility index (Phi) is 7.05. The molecule has 1 saturated heterocycles. The highest BCUT2D eigenvalue weighted by Crippen LogP contribution is 2.28. The summed E-state index contributed by atoms with van der Waals surface area (Å²) < 4.78 is 5.33. The number of anilines is 2. The summed E-state index contributed by atoms with van der Waals surface area (Å²) in [5.74, 6) is 0.653. The molecule has 9 heteroatoms. The van der Waals surface area contributed by atoms with Gasteiger partial charge < -0.3 is 20.3 Å². The number of ether oxygens (including phenoxy) is 1. The molecule has 1 fully saturated rings. The Morgan fingerprint density at radius 3 is 2.62 bits per heavy atom. The average Bonchev–Trinajstić information content (AvgIpc) is 3.16. The lowest BCUT2D eigenvalue weighted by Crippen LogP contribution is -2.51. The van der Waals surface area contributed by atoms with E-state index in [1.54, 1.807) is 17.4 Å². The maximum Gasteiger partial charge on any atom is 0.273 e. The molecule has 1 aliphatic rings. The summed E-state index contributed by atoms with van der Waals surface area (Å²) in [6, 6.07) is 7.70. The zero-order chi connectivity index (χ0) is 20.8. The second-order valence-electron chi connectivity index (χ2n) is 7.15. The molecule has 0 atom stereocenters.